The van der Waals surface area contributed by atoms with E-state index in [1.165, 1.54) is 95.5 Å². The van der Waals surface area contributed by atoms with E-state index >= 15 is 0 Å². The molecule has 0 amide bonds. The van der Waals surface area contributed by atoms with Crippen LogP contribution in [0.25, 0.3) is 0 Å². The molecule has 1 aromatic heterocycles. The molecule has 0 unspecified atom stereocenters. The van der Waals surface area contributed by atoms with Crippen molar-refractivity contribution >= 4 is 34.0 Å². The normalized spacial score (nSPS) is 13.1. The number of carbonyl (C=O) groups is 1. The quantitative estimate of drug-likeness (QED) is 0.0199. The van der Waals surface area contributed by atoms with E-state index in [9.17, 15) is 110 Å². The van der Waals surface area contributed by atoms with Gasteiger partial charge in [-0.3, -0.25) is 0 Å². The molecule has 0 saturated carbocycles. The maximum Gasteiger partial charge on any atom is 0.416 e. The Balaban J connectivity index is 0.000000377. The highest BCUT2D eigenvalue weighted by Crippen LogP contribution is 2.42. The smallest absolute Gasteiger partial charge is 0.416 e. The van der Waals surface area contributed by atoms with Crippen LogP contribution in [-0.4, -0.2) is 18.7 Å². The zero-order valence-corrected chi connectivity index (χ0v) is 48.3. The maximum absolute atomic E-state index is 14.2. The van der Waals surface area contributed by atoms with Crippen LogP contribution in [0.3, 0.4) is 0 Å². The van der Waals surface area contributed by atoms with Crippen molar-refractivity contribution in [1.82, 2.24) is 0 Å². The summed E-state index contributed by atoms with van der Waals surface area (Å²) in [7, 11) is 0. The van der Waals surface area contributed by atoms with E-state index < -0.39 is 195 Å². The number of rotatable bonds is 24. The molecule has 0 bridgehead atoms. The lowest BCUT2D eigenvalue weighted by molar-refractivity contribution is -0.688. The molecule has 0 spiro atoms. The van der Waals surface area contributed by atoms with Gasteiger partial charge in [0.05, 0.1) is 56.7 Å². The van der Waals surface area contributed by atoms with Crippen molar-refractivity contribution in [2.75, 3.05) is 6.61 Å². The Hall–Kier alpha value is -6.90. The SMILES string of the molecule is CCCCCCCCCCCCCCCCCCOC(=O)c1ccc(C[n+]2ccccc2)cc1.FC(F)(F)c1cc([B-](c2cc(C(F)(F)F)cc(C(F)(F)F)c2)(c2cc(C(F)(F)F)cc(C(F)(F)F)c2)c2cc(C(F)(F)F)cc(C(F)(F)F)c2)cc(C(F)(F)F)c1. The number of benzene rings is 5. The zero-order valence-electron chi connectivity index (χ0n) is 48.3. The first kappa shape index (κ1) is 74.8. The van der Waals surface area contributed by atoms with Crippen LogP contribution in [0.15, 0.2) is 128 Å². The average Bonchev–Trinajstić information content (AvgIpc) is 0.710. The molecule has 0 fully saturated rings. The van der Waals surface area contributed by atoms with Crippen LogP contribution in [0.4, 0.5) is 105 Å². The van der Waals surface area contributed by atoms with Gasteiger partial charge in [0.15, 0.2) is 18.9 Å². The van der Waals surface area contributed by atoms with Crippen LogP contribution in [0.5, 0.6) is 0 Å². The molecule has 5 aromatic carbocycles. The second kappa shape index (κ2) is 30.7. The number of esters is 1. The Morgan fingerprint density at radius 1 is 0.341 bits per heavy atom. The Bertz CT molecular complexity index is 2850. The molecule has 0 saturated heterocycles. The largest absolute Gasteiger partial charge is 0.462 e. The fraction of sp³-hybridized carbons (Fsp3) is 0.429. The van der Waals surface area contributed by atoms with Crippen molar-refractivity contribution in [3.8, 4) is 0 Å². The minimum absolute atomic E-state index is 0.208. The first-order chi connectivity index (χ1) is 42.1. The number of unbranched alkanes of at least 4 members (excludes halogenated alkanes) is 15. The van der Waals surface area contributed by atoms with Crippen LogP contribution < -0.4 is 26.4 Å². The van der Waals surface area contributed by atoms with Crippen LogP contribution in [0, 0.1) is 0 Å². The molecule has 3 nitrogen and oxygen atoms in total. The highest BCUT2D eigenvalue weighted by atomic mass is 19.4. The second-order valence-corrected chi connectivity index (χ2v) is 21.9. The Kier molecular flexibility index (Phi) is 25.2. The van der Waals surface area contributed by atoms with Crippen molar-refractivity contribution in [2.45, 2.75) is 166 Å². The van der Waals surface area contributed by atoms with Gasteiger partial charge in [-0.1, -0.05) is 170 Å². The molecule has 0 aliphatic carbocycles. The fourth-order valence-corrected chi connectivity index (χ4v) is 10.5. The van der Waals surface area contributed by atoms with Crippen molar-refractivity contribution in [3.05, 3.63) is 183 Å². The third kappa shape index (κ3) is 21.9. The molecule has 0 N–H and O–H groups in total. The average molecular weight is 1330 g/mol. The number of nitrogens with zero attached hydrogens (tertiary/aromatic N) is 1. The van der Waals surface area contributed by atoms with E-state index in [-0.39, 0.29) is 5.97 Å². The maximum atomic E-state index is 14.2. The van der Waals surface area contributed by atoms with Gasteiger partial charge in [0, 0.05) is 17.7 Å². The van der Waals surface area contributed by atoms with E-state index in [1.54, 1.807) is 0 Å². The Morgan fingerprint density at radius 2 is 0.582 bits per heavy atom. The van der Waals surface area contributed by atoms with Crippen molar-refractivity contribution < 1.29 is 119 Å². The van der Waals surface area contributed by atoms with Crippen LogP contribution in [0.1, 0.15) is 170 Å². The summed E-state index contributed by atoms with van der Waals surface area (Å²) < 4.78 is 348. The van der Waals surface area contributed by atoms with E-state index in [4.69, 9.17) is 4.74 Å². The molecule has 91 heavy (non-hydrogen) atoms. The topological polar surface area (TPSA) is 30.2 Å². The Labute approximate surface area is 507 Å². The number of pyridine rings is 1. The summed E-state index contributed by atoms with van der Waals surface area (Å²) in [6.07, 6.45) is -29.1. The molecular formula is C63H60BF24NO2. The van der Waals surface area contributed by atoms with Gasteiger partial charge in [-0.2, -0.15) is 127 Å². The molecule has 1 heterocycles. The lowest BCUT2D eigenvalue weighted by Crippen LogP contribution is -2.75. The van der Waals surface area contributed by atoms with Gasteiger partial charge >= 0.3 is 55.4 Å². The fourth-order valence-electron chi connectivity index (χ4n) is 10.5. The molecule has 6 rings (SSSR count). The van der Waals surface area contributed by atoms with Crippen molar-refractivity contribution in [3.63, 3.8) is 0 Å². The lowest BCUT2D eigenvalue weighted by atomic mass is 9.12. The van der Waals surface area contributed by atoms with Gasteiger partial charge in [-0.05, 0) is 42.8 Å². The van der Waals surface area contributed by atoms with Gasteiger partial charge in [-0.15, -0.1) is 0 Å². The number of carbonyl (C=O) groups excluding carboxylic acids is 1. The van der Waals surface area contributed by atoms with E-state index in [2.05, 4.69) is 11.5 Å². The van der Waals surface area contributed by atoms with Gasteiger partial charge in [-0.25, -0.2) is 9.36 Å². The van der Waals surface area contributed by atoms with Crippen molar-refractivity contribution in [1.29, 1.82) is 0 Å². The highest BCUT2D eigenvalue weighted by molar-refractivity contribution is 7.20. The number of alkyl halides is 24. The van der Waals surface area contributed by atoms with E-state index in [0.717, 1.165) is 19.4 Å². The first-order valence-corrected chi connectivity index (χ1v) is 28.6. The summed E-state index contributed by atoms with van der Waals surface area (Å²) in [5, 5.41) is 0. The summed E-state index contributed by atoms with van der Waals surface area (Å²) in [6.45, 7) is 3.61. The number of hydrogen-bond acceptors (Lipinski definition) is 2. The number of halogens is 24. The third-order valence-corrected chi connectivity index (χ3v) is 15.0. The Morgan fingerprint density at radius 3 is 0.824 bits per heavy atom. The van der Waals surface area contributed by atoms with Crippen LogP contribution in [0.2, 0.25) is 0 Å². The summed E-state index contributed by atoms with van der Waals surface area (Å²) in [5.41, 5.74) is -28.4. The number of ether oxygens (including phenoxy) is 1. The lowest BCUT2D eigenvalue weighted by Gasteiger charge is -2.46. The minimum atomic E-state index is -6.13. The summed E-state index contributed by atoms with van der Waals surface area (Å²) in [5.74, 6) is -0.208. The van der Waals surface area contributed by atoms with Crippen LogP contribution in [-0.2, 0) is 60.7 Å². The first-order valence-electron chi connectivity index (χ1n) is 28.6. The standard InChI is InChI=1S/C32H12BF24.C31H48NO2/c34-25(35,36)13-1-14(26(37,38)39)6-21(5-13)33(22-7-15(27(40,41)42)2-16(8-22)28(43,44)45,23-9-17(29(46,47)48)3-18(10-23)30(49,50)51)24-11-19(31(52,53)54)4-20(12-24)32(55,56)57;1-2-3-4-5-6-7-8-9-10-11-12-13-14-15-16-20-27-34-31(33)30-23-21-29(22-24-30)28-32-25-18-17-19-26-32/h1-12H;17-19,21-26H,2-16,20,27-28H2,1H3/q-1;+1. The zero-order chi connectivity index (χ0) is 68.0. The van der Waals surface area contributed by atoms with Gasteiger partial charge in [0.25, 0.3) is 0 Å². The second-order valence-electron chi connectivity index (χ2n) is 21.9. The molecule has 28 heteroatoms. The van der Waals surface area contributed by atoms with E-state index in [1.807, 2.05) is 54.9 Å². The number of aromatic nitrogens is 1. The summed E-state index contributed by atoms with van der Waals surface area (Å²) in [6, 6.07) is 4.99. The molecule has 6 aromatic rings. The highest BCUT2D eigenvalue weighted by Gasteiger charge is 2.47. The van der Waals surface area contributed by atoms with Gasteiger partial charge < -0.3 is 4.74 Å². The van der Waals surface area contributed by atoms with Crippen molar-refractivity contribution in [2.24, 2.45) is 0 Å². The summed E-state index contributed by atoms with van der Waals surface area (Å²) in [4.78, 5) is 12.2. The minimum Gasteiger partial charge on any atom is -0.462 e. The monoisotopic (exact) mass is 1330 g/mol. The third-order valence-electron chi connectivity index (χ3n) is 15.0. The molecule has 0 radical (unpaired) electrons. The van der Waals surface area contributed by atoms with Gasteiger partial charge in [0.2, 0.25) is 0 Å². The molecule has 0 aliphatic heterocycles. The van der Waals surface area contributed by atoms with E-state index in [0.29, 0.717) is 12.2 Å². The molecule has 0 atom stereocenters. The summed E-state index contributed by atoms with van der Waals surface area (Å²) >= 11 is 0. The van der Waals surface area contributed by atoms with Crippen LogP contribution >= 0.6 is 0 Å². The predicted molar refractivity (Wildman–Crippen MR) is 292 cm³/mol. The number of hydrogen-bond donors (Lipinski definition) is 0. The van der Waals surface area contributed by atoms with Gasteiger partial charge in [0.1, 0.15) is 6.15 Å². The predicted octanol–water partition coefficient (Wildman–Crippen LogP) is 19.7. The molecular weight excluding hydrogens is 1270 g/mol. The molecule has 0 aliphatic rings. The molecule has 500 valence electrons.